The van der Waals surface area contributed by atoms with Crippen LogP contribution in [0.3, 0.4) is 0 Å². The van der Waals surface area contributed by atoms with Gasteiger partial charge in [0.15, 0.2) is 17.5 Å². The van der Waals surface area contributed by atoms with Crippen LogP contribution in [0.4, 0.5) is 14.6 Å². The van der Waals surface area contributed by atoms with E-state index in [0.29, 0.717) is 11.1 Å². The average Bonchev–Trinajstić information content (AvgIpc) is 3.29. The number of tetrazole rings is 1. The number of hydrogen-bond donors (Lipinski definition) is 1. The number of benzene rings is 1. The molecule has 3 heterocycles. The lowest BCUT2D eigenvalue weighted by Crippen LogP contribution is -2.06. The maximum Gasteiger partial charge on any atom is 0.190 e. The molecule has 0 saturated heterocycles. The lowest BCUT2D eigenvalue weighted by atomic mass is 10.1. The van der Waals surface area contributed by atoms with Crippen molar-refractivity contribution in [2.45, 2.75) is 0 Å². The predicted octanol–water partition coefficient (Wildman–Crippen LogP) is 2.84. The summed E-state index contributed by atoms with van der Waals surface area (Å²) >= 11 is 0. The Hall–Kier alpha value is -3.62. The van der Waals surface area contributed by atoms with Gasteiger partial charge in [-0.05, 0) is 34.7 Å². The average molecular weight is 340 g/mol. The Morgan fingerprint density at radius 1 is 1.12 bits per heavy atom. The van der Waals surface area contributed by atoms with Crippen molar-refractivity contribution < 1.29 is 13.2 Å². The monoisotopic (exact) mass is 340 g/mol. The molecule has 0 aliphatic carbocycles. The lowest BCUT2D eigenvalue weighted by Gasteiger charge is -2.09. The zero-order valence-corrected chi connectivity index (χ0v) is 12.6. The van der Waals surface area contributed by atoms with Gasteiger partial charge >= 0.3 is 0 Å². The van der Waals surface area contributed by atoms with Gasteiger partial charge in [0.1, 0.15) is 11.5 Å². The Kier molecular flexibility index (Phi) is 3.46. The highest BCUT2D eigenvalue weighted by atomic mass is 19.2. The van der Waals surface area contributed by atoms with Gasteiger partial charge in [-0.1, -0.05) is 6.07 Å². The first kappa shape index (κ1) is 14.9. The van der Waals surface area contributed by atoms with Crippen LogP contribution in [0.2, 0.25) is 0 Å². The summed E-state index contributed by atoms with van der Waals surface area (Å²) in [6.45, 7) is 0. The van der Waals surface area contributed by atoms with Crippen molar-refractivity contribution >= 4 is 5.82 Å². The lowest BCUT2D eigenvalue weighted by molar-refractivity contribution is 0.501. The molecule has 0 atom stereocenters. The Morgan fingerprint density at radius 3 is 2.80 bits per heavy atom. The molecule has 0 spiro atoms. The van der Waals surface area contributed by atoms with Gasteiger partial charge in [0.25, 0.3) is 0 Å². The Labute approximate surface area is 139 Å². The molecule has 2 N–H and O–H groups in total. The van der Waals surface area contributed by atoms with E-state index < -0.39 is 11.6 Å². The highest BCUT2D eigenvalue weighted by Gasteiger charge is 2.19. The standard InChI is InChI=1S/C16H10F2N6O/c17-12-2-1-3-13(14(12)18)24-16(21-22-23-24)11-6-10(7-20-15(11)19)9-4-5-25-8-9/h1-8H,(H2,19,20). The molecule has 25 heavy (non-hydrogen) atoms. The molecule has 3 aromatic heterocycles. The van der Waals surface area contributed by atoms with E-state index in [-0.39, 0.29) is 17.3 Å². The molecular formula is C16H10F2N6O. The van der Waals surface area contributed by atoms with Crippen LogP contribution < -0.4 is 5.73 Å². The van der Waals surface area contributed by atoms with E-state index in [2.05, 4.69) is 20.5 Å². The summed E-state index contributed by atoms with van der Waals surface area (Å²) in [4.78, 5) is 4.13. The van der Waals surface area contributed by atoms with E-state index in [1.165, 1.54) is 18.4 Å². The summed E-state index contributed by atoms with van der Waals surface area (Å²) in [5, 5.41) is 11.2. The number of aromatic nitrogens is 5. The van der Waals surface area contributed by atoms with E-state index in [1.54, 1.807) is 24.6 Å². The number of nitrogens with two attached hydrogens (primary N) is 1. The van der Waals surface area contributed by atoms with Crippen LogP contribution in [0.15, 0.2) is 53.5 Å². The molecule has 0 radical (unpaired) electrons. The third kappa shape index (κ3) is 2.51. The first-order chi connectivity index (χ1) is 12.1. The molecule has 0 saturated carbocycles. The van der Waals surface area contributed by atoms with Crippen LogP contribution in [0.5, 0.6) is 0 Å². The molecule has 7 nitrogen and oxygen atoms in total. The molecule has 124 valence electrons. The Bertz CT molecular complexity index is 1040. The summed E-state index contributed by atoms with van der Waals surface area (Å²) in [7, 11) is 0. The maximum atomic E-state index is 14.1. The smallest absolute Gasteiger partial charge is 0.190 e. The summed E-state index contributed by atoms with van der Waals surface area (Å²) in [5.74, 6) is -1.77. The SMILES string of the molecule is Nc1ncc(-c2ccoc2)cc1-c1nnnn1-c1cccc(F)c1F. The van der Waals surface area contributed by atoms with Gasteiger partial charge < -0.3 is 10.2 Å². The molecule has 0 amide bonds. The second kappa shape index (κ2) is 5.78. The summed E-state index contributed by atoms with van der Waals surface area (Å²) in [6.07, 6.45) is 4.64. The number of furan rings is 1. The highest BCUT2D eigenvalue weighted by Crippen LogP contribution is 2.30. The molecule has 0 aliphatic heterocycles. The second-order valence-corrected chi connectivity index (χ2v) is 5.16. The van der Waals surface area contributed by atoms with Crippen LogP contribution in [-0.4, -0.2) is 25.2 Å². The summed E-state index contributed by atoms with van der Waals surface area (Å²) in [5.41, 5.74) is 7.69. The fraction of sp³-hybridized carbons (Fsp3) is 0. The summed E-state index contributed by atoms with van der Waals surface area (Å²) < 4.78 is 33.8. The van der Waals surface area contributed by atoms with E-state index in [0.717, 1.165) is 16.3 Å². The molecule has 4 rings (SSSR count). The van der Waals surface area contributed by atoms with Crippen LogP contribution in [-0.2, 0) is 0 Å². The van der Waals surface area contributed by atoms with Crippen LogP contribution >= 0.6 is 0 Å². The van der Waals surface area contributed by atoms with E-state index in [1.807, 2.05) is 0 Å². The van der Waals surface area contributed by atoms with Crippen molar-refractivity contribution in [3.63, 3.8) is 0 Å². The van der Waals surface area contributed by atoms with Crippen LogP contribution in [0.25, 0.3) is 28.2 Å². The van der Waals surface area contributed by atoms with Gasteiger partial charge in [-0.25, -0.2) is 13.8 Å². The largest absolute Gasteiger partial charge is 0.472 e. The normalized spacial score (nSPS) is 11.0. The van der Waals surface area contributed by atoms with Crippen molar-refractivity contribution in [2.24, 2.45) is 0 Å². The van der Waals surface area contributed by atoms with E-state index in [4.69, 9.17) is 10.2 Å². The van der Waals surface area contributed by atoms with Crippen molar-refractivity contribution in [1.82, 2.24) is 25.2 Å². The number of nitrogen functional groups attached to an aromatic ring is 1. The van der Waals surface area contributed by atoms with E-state index >= 15 is 0 Å². The topological polar surface area (TPSA) is 95.7 Å². The number of anilines is 1. The van der Waals surface area contributed by atoms with E-state index in [9.17, 15) is 8.78 Å². The zero-order valence-electron chi connectivity index (χ0n) is 12.6. The first-order valence-corrected chi connectivity index (χ1v) is 7.16. The predicted molar refractivity (Wildman–Crippen MR) is 84.4 cm³/mol. The third-order valence-corrected chi connectivity index (χ3v) is 3.64. The number of rotatable bonds is 3. The fourth-order valence-electron chi connectivity index (χ4n) is 2.41. The van der Waals surface area contributed by atoms with Crippen molar-refractivity contribution in [1.29, 1.82) is 0 Å². The molecule has 0 aliphatic rings. The van der Waals surface area contributed by atoms with Gasteiger partial charge in [-0.3, -0.25) is 0 Å². The first-order valence-electron chi connectivity index (χ1n) is 7.16. The molecule has 9 heteroatoms. The highest BCUT2D eigenvalue weighted by molar-refractivity contribution is 5.76. The third-order valence-electron chi connectivity index (χ3n) is 3.64. The molecule has 0 bridgehead atoms. The van der Waals surface area contributed by atoms with Gasteiger partial charge in [0, 0.05) is 17.3 Å². The van der Waals surface area contributed by atoms with Gasteiger partial charge in [0.05, 0.1) is 18.1 Å². The van der Waals surface area contributed by atoms with Gasteiger partial charge in [-0.15, -0.1) is 5.10 Å². The number of hydrogen-bond acceptors (Lipinski definition) is 6. The van der Waals surface area contributed by atoms with Gasteiger partial charge in [0.2, 0.25) is 0 Å². The van der Waals surface area contributed by atoms with Crippen LogP contribution in [0.1, 0.15) is 0 Å². The minimum atomic E-state index is -1.06. The second-order valence-electron chi connectivity index (χ2n) is 5.16. The molecular weight excluding hydrogens is 330 g/mol. The Balaban J connectivity index is 1.89. The summed E-state index contributed by atoms with van der Waals surface area (Å²) in [6, 6.07) is 7.20. The number of pyridine rings is 1. The molecule has 4 aromatic rings. The zero-order chi connectivity index (χ0) is 17.4. The van der Waals surface area contributed by atoms with Crippen molar-refractivity contribution in [2.75, 3.05) is 5.73 Å². The van der Waals surface area contributed by atoms with Crippen LogP contribution in [0, 0.1) is 11.6 Å². The quantitative estimate of drug-likeness (QED) is 0.616. The van der Waals surface area contributed by atoms with Crippen molar-refractivity contribution in [3.05, 3.63) is 60.7 Å². The maximum absolute atomic E-state index is 14.1. The molecule has 0 fully saturated rings. The Morgan fingerprint density at radius 2 is 2.00 bits per heavy atom. The fourth-order valence-corrected chi connectivity index (χ4v) is 2.41. The number of nitrogens with zero attached hydrogens (tertiary/aromatic N) is 5. The van der Waals surface area contributed by atoms with Gasteiger partial charge in [-0.2, -0.15) is 4.68 Å². The minimum absolute atomic E-state index is 0.131. The molecule has 1 aromatic carbocycles. The number of halogens is 2. The minimum Gasteiger partial charge on any atom is -0.472 e. The van der Waals surface area contributed by atoms with Crippen molar-refractivity contribution in [3.8, 4) is 28.2 Å². The molecule has 0 unspecified atom stereocenters.